The second-order valence-corrected chi connectivity index (χ2v) is 3.67. The minimum atomic E-state index is -1.06. The number of hydrogen-bond acceptors (Lipinski definition) is 2. The van der Waals surface area contributed by atoms with Crippen molar-refractivity contribution in [2.24, 2.45) is 0 Å². The molecule has 2 amide bonds. The molecule has 0 unspecified atom stereocenters. The number of carboxylic acids is 1. The summed E-state index contributed by atoms with van der Waals surface area (Å²) in [4.78, 5) is 21.9. The Balaban J connectivity index is 4.27. The summed E-state index contributed by atoms with van der Waals surface area (Å²) in [7, 11) is 0. The molecule has 0 aliphatic rings. The summed E-state index contributed by atoms with van der Waals surface area (Å²) in [6.45, 7) is 4.97. The molecule has 0 saturated heterocycles. The van der Waals surface area contributed by atoms with Crippen LogP contribution < -0.4 is 10.6 Å². The van der Waals surface area contributed by atoms with Crippen LogP contribution in [0.3, 0.4) is 0 Å². The Hall–Kier alpha value is -1.70. The van der Waals surface area contributed by atoms with E-state index in [-0.39, 0.29) is 0 Å². The summed E-state index contributed by atoms with van der Waals surface area (Å²) < 4.78 is 0. The van der Waals surface area contributed by atoms with E-state index in [1.807, 2.05) is 0 Å². The van der Waals surface area contributed by atoms with Crippen LogP contribution in [0.15, 0.2) is 0 Å². The molecule has 0 radical (unpaired) electrons. The van der Waals surface area contributed by atoms with E-state index in [4.69, 9.17) is 11.5 Å². The maximum Gasteiger partial charge on any atom is 0.326 e. The van der Waals surface area contributed by atoms with Gasteiger partial charge in [-0.2, -0.15) is 0 Å². The predicted octanol–water partition coefficient (Wildman–Crippen LogP) is 0.561. The van der Waals surface area contributed by atoms with Gasteiger partial charge in [-0.15, -0.1) is 6.42 Å². The summed E-state index contributed by atoms with van der Waals surface area (Å²) >= 11 is 0. The van der Waals surface area contributed by atoms with Crippen molar-refractivity contribution in [3.63, 3.8) is 0 Å². The normalized spacial score (nSPS) is 12.4. The summed E-state index contributed by atoms with van der Waals surface area (Å²) in [6, 6.07) is -1.47. The van der Waals surface area contributed by atoms with Crippen molar-refractivity contribution < 1.29 is 14.7 Å². The molecule has 0 bridgehead atoms. The largest absolute Gasteiger partial charge is 0.480 e. The molecule has 5 nitrogen and oxygen atoms in total. The number of amides is 2. The number of carbonyl (C=O) groups is 2. The minimum absolute atomic E-state index is 0.319. The van der Waals surface area contributed by atoms with Gasteiger partial charge in [-0.25, -0.2) is 9.59 Å². The SMILES string of the molecule is C#CC(C)(C)NC(=O)N[C@@H](CC)C(=O)O. The van der Waals surface area contributed by atoms with E-state index in [1.165, 1.54) is 0 Å². The average Bonchev–Trinajstić information content (AvgIpc) is 2.13. The maximum atomic E-state index is 11.3. The fraction of sp³-hybridized carbons (Fsp3) is 0.600. The zero-order valence-corrected chi connectivity index (χ0v) is 9.13. The summed E-state index contributed by atoms with van der Waals surface area (Å²) in [5.41, 5.74) is -0.791. The first-order valence-corrected chi connectivity index (χ1v) is 4.61. The van der Waals surface area contributed by atoms with Crippen molar-refractivity contribution in [1.29, 1.82) is 0 Å². The quantitative estimate of drug-likeness (QED) is 0.596. The molecule has 0 rings (SSSR count). The molecule has 15 heavy (non-hydrogen) atoms. The Morgan fingerprint density at radius 2 is 2.07 bits per heavy atom. The maximum absolute atomic E-state index is 11.3. The van der Waals surface area contributed by atoms with Gasteiger partial charge in [0.15, 0.2) is 0 Å². The zero-order chi connectivity index (χ0) is 12.1. The molecule has 0 heterocycles. The minimum Gasteiger partial charge on any atom is -0.480 e. The predicted molar refractivity (Wildman–Crippen MR) is 56.3 cm³/mol. The number of aliphatic carboxylic acids is 1. The average molecular weight is 212 g/mol. The second-order valence-electron chi connectivity index (χ2n) is 3.67. The van der Waals surface area contributed by atoms with Gasteiger partial charge >= 0.3 is 12.0 Å². The highest BCUT2D eigenvalue weighted by Crippen LogP contribution is 1.99. The summed E-state index contributed by atoms with van der Waals surface area (Å²) in [6.07, 6.45) is 5.49. The Labute approximate surface area is 89.2 Å². The third kappa shape index (κ3) is 4.91. The smallest absolute Gasteiger partial charge is 0.326 e. The van der Waals surface area contributed by atoms with Gasteiger partial charge in [0.05, 0.1) is 5.54 Å². The van der Waals surface area contributed by atoms with Crippen LogP contribution in [0.4, 0.5) is 4.79 Å². The van der Waals surface area contributed by atoms with E-state index < -0.39 is 23.6 Å². The van der Waals surface area contributed by atoms with Crippen LogP contribution in [0.1, 0.15) is 27.2 Å². The van der Waals surface area contributed by atoms with E-state index in [9.17, 15) is 9.59 Å². The van der Waals surface area contributed by atoms with Gasteiger partial charge in [0.1, 0.15) is 6.04 Å². The van der Waals surface area contributed by atoms with Crippen LogP contribution >= 0.6 is 0 Å². The number of hydrogen-bond donors (Lipinski definition) is 3. The first-order chi connectivity index (χ1) is 6.82. The molecule has 0 aliphatic heterocycles. The topological polar surface area (TPSA) is 78.4 Å². The van der Waals surface area contributed by atoms with Gasteiger partial charge in [0.25, 0.3) is 0 Å². The molecule has 0 aromatic carbocycles. The number of terminal acetylenes is 1. The molecule has 0 aromatic heterocycles. The lowest BCUT2D eigenvalue weighted by atomic mass is 10.1. The lowest BCUT2D eigenvalue weighted by Gasteiger charge is -2.21. The third-order valence-corrected chi connectivity index (χ3v) is 1.80. The van der Waals surface area contributed by atoms with Crippen molar-refractivity contribution in [2.75, 3.05) is 0 Å². The Morgan fingerprint density at radius 1 is 1.53 bits per heavy atom. The van der Waals surface area contributed by atoms with Gasteiger partial charge in [0, 0.05) is 0 Å². The molecule has 0 aromatic rings. The Kier molecular flexibility index (Phi) is 4.65. The zero-order valence-electron chi connectivity index (χ0n) is 9.13. The third-order valence-electron chi connectivity index (χ3n) is 1.80. The van der Waals surface area contributed by atoms with Crippen LogP contribution in [-0.2, 0) is 4.79 Å². The fourth-order valence-corrected chi connectivity index (χ4v) is 0.853. The number of carboxylic acid groups (broad SMARTS) is 1. The fourth-order valence-electron chi connectivity index (χ4n) is 0.853. The van der Waals surface area contributed by atoms with Gasteiger partial charge in [-0.05, 0) is 20.3 Å². The van der Waals surface area contributed by atoms with Crippen molar-refractivity contribution in [1.82, 2.24) is 10.6 Å². The first kappa shape index (κ1) is 13.3. The van der Waals surface area contributed by atoms with Crippen LogP contribution in [-0.4, -0.2) is 28.7 Å². The number of rotatable bonds is 4. The molecule has 0 spiro atoms. The van der Waals surface area contributed by atoms with Gasteiger partial charge in [-0.1, -0.05) is 12.8 Å². The molecular formula is C10H16N2O3. The monoisotopic (exact) mass is 212 g/mol. The van der Waals surface area contributed by atoms with Gasteiger partial charge in [0.2, 0.25) is 0 Å². The van der Waals surface area contributed by atoms with Crippen molar-refractivity contribution in [2.45, 2.75) is 38.8 Å². The van der Waals surface area contributed by atoms with E-state index in [2.05, 4.69) is 16.6 Å². The highest BCUT2D eigenvalue weighted by atomic mass is 16.4. The van der Waals surface area contributed by atoms with Crippen LogP contribution in [0.5, 0.6) is 0 Å². The molecular weight excluding hydrogens is 196 g/mol. The number of urea groups is 1. The molecule has 0 saturated carbocycles. The Bertz CT molecular complexity index is 292. The lowest BCUT2D eigenvalue weighted by Crippen LogP contribution is -2.52. The molecule has 3 N–H and O–H groups in total. The molecule has 0 aliphatic carbocycles. The van der Waals surface area contributed by atoms with Crippen LogP contribution in [0, 0.1) is 12.3 Å². The highest BCUT2D eigenvalue weighted by Gasteiger charge is 2.21. The number of carbonyl (C=O) groups excluding carboxylic acids is 1. The molecule has 5 heteroatoms. The summed E-state index contributed by atoms with van der Waals surface area (Å²) in [5.74, 6) is 1.31. The van der Waals surface area contributed by atoms with Crippen molar-refractivity contribution in [3.8, 4) is 12.3 Å². The standard InChI is InChI=1S/C10H16N2O3/c1-5-7(8(13)14)11-9(15)12-10(3,4)6-2/h2,7H,5H2,1,3-4H3,(H,13,14)(H2,11,12,15)/t7-/m0/s1. The van der Waals surface area contributed by atoms with E-state index in [1.54, 1.807) is 20.8 Å². The van der Waals surface area contributed by atoms with E-state index >= 15 is 0 Å². The van der Waals surface area contributed by atoms with Gasteiger partial charge in [-0.3, -0.25) is 0 Å². The van der Waals surface area contributed by atoms with Crippen LogP contribution in [0.2, 0.25) is 0 Å². The first-order valence-electron chi connectivity index (χ1n) is 4.61. The van der Waals surface area contributed by atoms with E-state index in [0.29, 0.717) is 6.42 Å². The second kappa shape index (κ2) is 5.25. The molecule has 1 atom stereocenters. The van der Waals surface area contributed by atoms with E-state index in [0.717, 1.165) is 0 Å². The highest BCUT2D eigenvalue weighted by molar-refractivity contribution is 5.83. The summed E-state index contributed by atoms with van der Waals surface area (Å²) in [5, 5.41) is 13.5. The van der Waals surface area contributed by atoms with Crippen molar-refractivity contribution in [3.05, 3.63) is 0 Å². The molecule has 0 fully saturated rings. The Morgan fingerprint density at radius 3 is 2.40 bits per heavy atom. The molecule has 84 valence electrons. The van der Waals surface area contributed by atoms with Crippen LogP contribution in [0.25, 0.3) is 0 Å². The number of nitrogens with one attached hydrogen (secondary N) is 2. The van der Waals surface area contributed by atoms with Crippen molar-refractivity contribution >= 4 is 12.0 Å². The lowest BCUT2D eigenvalue weighted by molar-refractivity contribution is -0.139. The van der Waals surface area contributed by atoms with Gasteiger partial charge < -0.3 is 15.7 Å².